The van der Waals surface area contributed by atoms with Crippen molar-refractivity contribution < 1.29 is 13.2 Å². The molecule has 2 aliphatic rings. The summed E-state index contributed by atoms with van der Waals surface area (Å²) in [6, 6.07) is 7.18. The van der Waals surface area contributed by atoms with Crippen LogP contribution < -0.4 is 4.72 Å². The predicted molar refractivity (Wildman–Crippen MR) is 90.0 cm³/mol. The topological polar surface area (TPSA) is 69.7 Å². The van der Waals surface area contributed by atoms with Crippen LogP contribution in [-0.4, -0.2) is 62.1 Å². The highest BCUT2D eigenvalue weighted by atomic mass is 32.2. The average Bonchev–Trinajstić information content (AvgIpc) is 3.02. The first-order valence-corrected chi connectivity index (χ1v) is 9.77. The number of benzene rings is 1. The highest BCUT2D eigenvalue weighted by Gasteiger charge is 2.32. The molecule has 1 amide bonds. The molecule has 23 heavy (non-hydrogen) atoms. The smallest absolute Gasteiger partial charge is 0.253 e. The van der Waals surface area contributed by atoms with Gasteiger partial charge in [-0.25, -0.2) is 8.42 Å². The van der Waals surface area contributed by atoms with Crippen molar-refractivity contribution in [1.29, 1.82) is 0 Å². The highest BCUT2D eigenvalue weighted by Crippen LogP contribution is 2.23. The van der Waals surface area contributed by atoms with Gasteiger partial charge in [0, 0.05) is 36.9 Å². The Morgan fingerprint density at radius 1 is 1.22 bits per heavy atom. The van der Waals surface area contributed by atoms with Crippen molar-refractivity contribution in [3.8, 4) is 0 Å². The third-order valence-electron chi connectivity index (χ3n) is 4.66. The Bertz CT molecular complexity index is 672. The summed E-state index contributed by atoms with van der Waals surface area (Å²) >= 11 is 0. The van der Waals surface area contributed by atoms with E-state index < -0.39 is 10.0 Å². The second-order valence-corrected chi connectivity index (χ2v) is 8.18. The first-order valence-electron chi connectivity index (χ1n) is 8.12. The monoisotopic (exact) mass is 337 g/mol. The molecule has 6 nitrogen and oxygen atoms in total. The first kappa shape index (κ1) is 16.3. The van der Waals surface area contributed by atoms with Crippen LogP contribution in [0.15, 0.2) is 24.3 Å². The molecule has 1 N–H and O–H groups in total. The molecular formula is C16H23N3O3S. The lowest BCUT2D eigenvalue weighted by atomic mass is 10.1. The fraction of sp³-hybridized carbons (Fsp3) is 0.562. The fourth-order valence-corrected chi connectivity index (χ4v) is 3.93. The zero-order valence-corrected chi connectivity index (χ0v) is 14.2. The summed E-state index contributed by atoms with van der Waals surface area (Å²) in [5, 5.41) is 0. The van der Waals surface area contributed by atoms with Crippen molar-refractivity contribution in [2.24, 2.45) is 0 Å². The van der Waals surface area contributed by atoms with E-state index in [0.29, 0.717) is 17.3 Å². The molecule has 7 heteroatoms. The van der Waals surface area contributed by atoms with Crippen LogP contribution in [0.1, 0.15) is 30.1 Å². The Hall–Kier alpha value is -1.60. The van der Waals surface area contributed by atoms with Gasteiger partial charge in [-0.2, -0.15) is 0 Å². The third kappa shape index (κ3) is 3.67. The zero-order valence-electron chi connectivity index (χ0n) is 13.4. The number of anilines is 1. The van der Waals surface area contributed by atoms with Crippen molar-refractivity contribution in [3.05, 3.63) is 29.8 Å². The maximum atomic E-state index is 12.6. The Kier molecular flexibility index (Phi) is 4.59. The maximum absolute atomic E-state index is 12.6. The number of carbonyl (C=O) groups excluding carboxylic acids is 1. The van der Waals surface area contributed by atoms with Gasteiger partial charge in [-0.3, -0.25) is 14.4 Å². The molecule has 0 radical (unpaired) electrons. The number of nitrogens with one attached hydrogen (secondary N) is 1. The SMILES string of the molecule is CCS(=O)(=O)Nc1ccc(C(=O)N2CCN3CCCC3C2)cc1. The minimum atomic E-state index is -3.29. The lowest BCUT2D eigenvalue weighted by molar-refractivity contribution is 0.0571. The summed E-state index contributed by atoms with van der Waals surface area (Å²) < 4.78 is 25.6. The van der Waals surface area contributed by atoms with Crippen LogP contribution in [-0.2, 0) is 10.0 Å². The second kappa shape index (κ2) is 6.49. The Morgan fingerprint density at radius 2 is 1.96 bits per heavy atom. The van der Waals surface area contributed by atoms with Gasteiger partial charge in [-0.15, -0.1) is 0 Å². The number of sulfonamides is 1. The molecule has 3 rings (SSSR count). The number of hydrogen-bond acceptors (Lipinski definition) is 4. The molecule has 1 aromatic rings. The highest BCUT2D eigenvalue weighted by molar-refractivity contribution is 7.92. The molecule has 1 atom stereocenters. The zero-order chi connectivity index (χ0) is 16.4. The summed E-state index contributed by atoms with van der Waals surface area (Å²) in [5.41, 5.74) is 1.10. The second-order valence-electron chi connectivity index (χ2n) is 6.17. The van der Waals surface area contributed by atoms with E-state index >= 15 is 0 Å². The molecule has 2 saturated heterocycles. The minimum Gasteiger partial charge on any atom is -0.336 e. The van der Waals surface area contributed by atoms with Gasteiger partial charge in [-0.05, 0) is 50.6 Å². The molecule has 0 bridgehead atoms. The van der Waals surface area contributed by atoms with E-state index in [1.807, 2.05) is 4.90 Å². The van der Waals surface area contributed by atoms with E-state index in [1.54, 1.807) is 31.2 Å². The number of nitrogens with zero attached hydrogens (tertiary/aromatic N) is 2. The molecule has 0 saturated carbocycles. The van der Waals surface area contributed by atoms with Crippen LogP contribution >= 0.6 is 0 Å². The molecule has 1 aromatic carbocycles. The molecule has 126 valence electrons. The number of amides is 1. The van der Waals surface area contributed by atoms with Gasteiger partial charge in [0.25, 0.3) is 5.91 Å². The van der Waals surface area contributed by atoms with Crippen molar-refractivity contribution in [3.63, 3.8) is 0 Å². The van der Waals surface area contributed by atoms with Gasteiger partial charge in [0.2, 0.25) is 10.0 Å². The van der Waals surface area contributed by atoms with Crippen molar-refractivity contribution in [2.75, 3.05) is 36.7 Å². The summed E-state index contributed by atoms with van der Waals surface area (Å²) in [7, 11) is -3.29. The van der Waals surface area contributed by atoms with Crippen LogP contribution in [0.2, 0.25) is 0 Å². The Labute approximate surface area is 137 Å². The first-order chi connectivity index (χ1) is 11.0. The van der Waals surface area contributed by atoms with Crippen LogP contribution in [0.4, 0.5) is 5.69 Å². The largest absolute Gasteiger partial charge is 0.336 e. The van der Waals surface area contributed by atoms with Crippen LogP contribution in [0, 0.1) is 0 Å². The maximum Gasteiger partial charge on any atom is 0.253 e. The summed E-state index contributed by atoms with van der Waals surface area (Å²) in [4.78, 5) is 17.0. The minimum absolute atomic E-state index is 0.0271. The van der Waals surface area contributed by atoms with Gasteiger partial charge in [-0.1, -0.05) is 0 Å². The van der Waals surface area contributed by atoms with Gasteiger partial charge in [0.1, 0.15) is 0 Å². The Balaban J connectivity index is 1.66. The summed E-state index contributed by atoms with van der Waals surface area (Å²) in [6.45, 7) is 5.25. The van der Waals surface area contributed by atoms with Crippen molar-refractivity contribution in [1.82, 2.24) is 9.80 Å². The molecule has 0 aromatic heterocycles. The molecule has 2 heterocycles. The van der Waals surface area contributed by atoms with Gasteiger partial charge >= 0.3 is 0 Å². The molecular weight excluding hydrogens is 314 g/mol. The fourth-order valence-electron chi connectivity index (χ4n) is 3.29. The molecule has 2 aliphatic heterocycles. The molecule has 0 spiro atoms. The van der Waals surface area contributed by atoms with Crippen molar-refractivity contribution >= 4 is 21.6 Å². The molecule has 1 unspecified atom stereocenters. The van der Waals surface area contributed by atoms with Gasteiger partial charge < -0.3 is 4.90 Å². The number of carbonyl (C=O) groups is 1. The number of hydrogen-bond donors (Lipinski definition) is 1. The normalized spacial score (nSPS) is 22.0. The number of fused-ring (bicyclic) bond motifs is 1. The summed E-state index contributed by atoms with van der Waals surface area (Å²) in [5.74, 6) is 0.0563. The Morgan fingerprint density at radius 3 is 2.65 bits per heavy atom. The van der Waals surface area contributed by atoms with Crippen molar-refractivity contribution in [2.45, 2.75) is 25.8 Å². The number of rotatable bonds is 4. The van der Waals surface area contributed by atoms with Gasteiger partial charge in [0.15, 0.2) is 0 Å². The summed E-state index contributed by atoms with van der Waals surface area (Å²) in [6.07, 6.45) is 2.39. The van der Waals surface area contributed by atoms with E-state index in [2.05, 4.69) is 9.62 Å². The van der Waals surface area contributed by atoms with E-state index in [0.717, 1.165) is 26.2 Å². The average molecular weight is 337 g/mol. The van der Waals surface area contributed by atoms with Crippen LogP contribution in [0.25, 0.3) is 0 Å². The third-order valence-corrected chi connectivity index (χ3v) is 5.97. The number of piperazine rings is 1. The van der Waals surface area contributed by atoms with Gasteiger partial charge in [0.05, 0.1) is 5.75 Å². The lowest BCUT2D eigenvalue weighted by Gasteiger charge is -2.37. The van der Waals surface area contributed by atoms with E-state index in [-0.39, 0.29) is 11.7 Å². The van der Waals surface area contributed by atoms with Crippen LogP contribution in [0.3, 0.4) is 0 Å². The molecule has 2 fully saturated rings. The quantitative estimate of drug-likeness (QED) is 0.901. The van der Waals surface area contributed by atoms with Crippen LogP contribution in [0.5, 0.6) is 0 Å². The predicted octanol–water partition coefficient (Wildman–Crippen LogP) is 1.37. The van der Waals surface area contributed by atoms with E-state index in [9.17, 15) is 13.2 Å². The van der Waals surface area contributed by atoms with E-state index in [1.165, 1.54) is 12.8 Å². The molecule has 0 aliphatic carbocycles. The van der Waals surface area contributed by atoms with E-state index in [4.69, 9.17) is 0 Å². The standard InChI is InChI=1S/C16H23N3O3S/c1-2-23(21,22)17-14-7-5-13(6-8-14)16(20)19-11-10-18-9-3-4-15(18)12-19/h5-8,15,17H,2-4,9-12H2,1H3. The lowest BCUT2D eigenvalue weighted by Crippen LogP contribution is -2.52.